The van der Waals surface area contributed by atoms with E-state index in [1.165, 1.54) is 11.7 Å². The second kappa shape index (κ2) is 8.13. The number of nitrogens with zero attached hydrogens (tertiary/aromatic N) is 4. The Morgan fingerprint density at radius 2 is 1.62 bits per heavy atom. The van der Waals surface area contributed by atoms with Crippen molar-refractivity contribution in [1.29, 1.82) is 15.8 Å². The molecule has 0 aliphatic heterocycles. The molecule has 3 aromatic rings. The SMILES string of the molecule is CCn1c(C#N)c(C#N)c(-c2ccc(-c3ccccc3C#N)cc2)c1C(=O)OC. The summed E-state index contributed by atoms with van der Waals surface area (Å²) in [6.07, 6.45) is 0. The van der Waals surface area contributed by atoms with Gasteiger partial charge in [-0.25, -0.2) is 4.79 Å². The number of hydrogen-bond donors (Lipinski definition) is 0. The summed E-state index contributed by atoms with van der Waals surface area (Å²) < 4.78 is 6.41. The van der Waals surface area contributed by atoms with Crippen LogP contribution in [0.1, 0.15) is 34.2 Å². The maximum Gasteiger partial charge on any atom is 0.355 e. The molecule has 0 aliphatic rings. The number of nitriles is 3. The van der Waals surface area contributed by atoms with Crippen molar-refractivity contribution in [3.8, 4) is 40.5 Å². The third kappa shape index (κ3) is 3.23. The van der Waals surface area contributed by atoms with Gasteiger partial charge >= 0.3 is 5.97 Å². The molecule has 0 amide bonds. The van der Waals surface area contributed by atoms with E-state index in [1.54, 1.807) is 31.2 Å². The van der Waals surface area contributed by atoms with Crippen LogP contribution in [-0.2, 0) is 11.3 Å². The highest BCUT2D eigenvalue weighted by molar-refractivity contribution is 5.99. The molecule has 3 rings (SSSR count). The first kappa shape index (κ1) is 19.4. The average molecular weight is 380 g/mol. The van der Waals surface area contributed by atoms with Crippen molar-refractivity contribution in [1.82, 2.24) is 4.57 Å². The van der Waals surface area contributed by atoms with Crippen molar-refractivity contribution in [2.75, 3.05) is 7.11 Å². The minimum Gasteiger partial charge on any atom is -0.464 e. The van der Waals surface area contributed by atoms with Crippen molar-refractivity contribution in [3.63, 3.8) is 0 Å². The van der Waals surface area contributed by atoms with Crippen LogP contribution >= 0.6 is 0 Å². The van der Waals surface area contributed by atoms with E-state index in [1.807, 2.05) is 30.3 Å². The highest BCUT2D eigenvalue weighted by Gasteiger charge is 2.28. The van der Waals surface area contributed by atoms with Crippen LogP contribution in [0.25, 0.3) is 22.3 Å². The predicted octanol–water partition coefficient (Wildman–Crippen LogP) is 4.24. The van der Waals surface area contributed by atoms with Gasteiger partial charge in [0.05, 0.1) is 24.3 Å². The number of esters is 1. The lowest BCUT2D eigenvalue weighted by Crippen LogP contribution is -2.12. The number of hydrogen-bond acceptors (Lipinski definition) is 5. The molecule has 0 radical (unpaired) electrons. The van der Waals surface area contributed by atoms with Crippen molar-refractivity contribution in [3.05, 3.63) is 71.0 Å². The lowest BCUT2D eigenvalue weighted by Gasteiger charge is -2.09. The summed E-state index contributed by atoms with van der Waals surface area (Å²) in [6, 6.07) is 20.7. The third-order valence-electron chi connectivity index (χ3n) is 4.71. The van der Waals surface area contributed by atoms with Crippen molar-refractivity contribution < 1.29 is 9.53 Å². The predicted molar refractivity (Wildman–Crippen MR) is 106 cm³/mol. The van der Waals surface area contributed by atoms with Gasteiger partial charge in [-0.3, -0.25) is 0 Å². The van der Waals surface area contributed by atoms with E-state index < -0.39 is 5.97 Å². The molecule has 0 bridgehead atoms. The van der Waals surface area contributed by atoms with Gasteiger partial charge in [0.25, 0.3) is 0 Å². The quantitative estimate of drug-likeness (QED) is 0.630. The molecule has 1 heterocycles. The van der Waals surface area contributed by atoms with Crippen LogP contribution in [0.2, 0.25) is 0 Å². The fourth-order valence-electron chi connectivity index (χ4n) is 3.40. The normalized spacial score (nSPS) is 9.90. The summed E-state index contributed by atoms with van der Waals surface area (Å²) >= 11 is 0. The molecule has 0 N–H and O–H groups in total. The van der Waals surface area contributed by atoms with Crippen LogP contribution in [0.3, 0.4) is 0 Å². The van der Waals surface area contributed by atoms with E-state index in [-0.39, 0.29) is 17.0 Å². The second-order valence-electron chi connectivity index (χ2n) is 6.14. The number of methoxy groups -OCH3 is 1. The maximum absolute atomic E-state index is 12.5. The zero-order valence-corrected chi connectivity index (χ0v) is 15.9. The largest absolute Gasteiger partial charge is 0.464 e. The molecule has 0 atom stereocenters. The molecular weight excluding hydrogens is 364 g/mol. The molecule has 6 heteroatoms. The maximum atomic E-state index is 12.5. The number of ether oxygens (including phenoxy) is 1. The topological polar surface area (TPSA) is 103 Å². The number of aromatic nitrogens is 1. The lowest BCUT2D eigenvalue weighted by molar-refractivity contribution is 0.0589. The minimum absolute atomic E-state index is 0.129. The number of carbonyl (C=O) groups is 1. The number of benzene rings is 2. The number of rotatable bonds is 4. The van der Waals surface area contributed by atoms with Gasteiger partial charge in [-0.05, 0) is 29.7 Å². The van der Waals surface area contributed by atoms with Gasteiger partial charge in [-0.2, -0.15) is 15.8 Å². The van der Waals surface area contributed by atoms with Gasteiger partial charge in [-0.15, -0.1) is 0 Å². The van der Waals surface area contributed by atoms with Crippen LogP contribution in [-0.4, -0.2) is 17.6 Å². The molecule has 2 aromatic carbocycles. The van der Waals surface area contributed by atoms with E-state index in [0.717, 1.165) is 11.1 Å². The van der Waals surface area contributed by atoms with E-state index in [0.29, 0.717) is 23.2 Å². The second-order valence-corrected chi connectivity index (χ2v) is 6.14. The molecular formula is C23H16N4O2. The summed E-state index contributed by atoms with van der Waals surface area (Å²) in [5, 5.41) is 28.5. The van der Waals surface area contributed by atoms with Crippen LogP contribution in [0.15, 0.2) is 48.5 Å². The van der Waals surface area contributed by atoms with Crippen LogP contribution in [0, 0.1) is 34.0 Å². The summed E-state index contributed by atoms with van der Waals surface area (Å²) in [4.78, 5) is 12.5. The fourth-order valence-corrected chi connectivity index (χ4v) is 3.40. The van der Waals surface area contributed by atoms with E-state index in [2.05, 4.69) is 12.1 Å². The van der Waals surface area contributed by atoms with Gasteiger partial charge in [0.1, 0.15) is 23.5 Å². The van der Waals surface area contributed by atoms with Crippen LogP contribution in [0.5, 0.6) is 0 Å². The monoisotopic (exact) mass is 380 g/mol. The Bertz CT molecular complexity index is 1220. The summed E-state index contributed by atoms with van der Waals surface area (Å²) in [5.74, 6) is -0.612. The summed E-state index contributed by atoms with van der Waals surface area (Å²) in [6.45, 7) is 2.13. The Morgan fingerprint density at radius 3 is 2.17 bits per heavy atom. The Morgan fingerprint density at radius 1 is 0.966 bits per heavy atom. The lowest BCUT2D eigenvalue weighted by atomic mass is 9.95. The zero-order chi connectivity index (χ0) is 21.0. The molecule has 0 fully saturated rings. The zero-order valence-electron chi connectivity index (χ0n) is 15.9. The van der Waals surface area contributed by atoms with Crippen molar-refractivity contribution in [2.24, 2.45) is 0 Å². The Kier molecular flexibility index (Phi) is 5.44. The third-order valence-corrected chi connectivity index (χ3v) is 4.71. The first-order chi connectivity index (χ1) is 14.1. The summed E-state index contributed by atoms with van der Waals surface area (Å²) in [7, 11) is 1.26. The highest BCUT2D eigenvalue weighted by atomic mass is 16.5. The van der Waals surface area contributed by atoms with Crippen LogP contribution in [0.4, 0.5) is 0 Å². The molecule has 0 unspecified atom stereocenters. The van der Waals surface area contributed by atoms with Crippen LogP contribution < -0.4 is 0 Å². The van der Waals surface area contributed by atoms with Gasteiger partial charge in [0.15, 0.2) is 0 Å². The van der Waals surface area contributed by atoms with Gasteiger partial charge in [0.2, 0.25) is 0 Å². The first-order valence-electron chi connectivity index (χ1n) is 8.86. The van der Waals surface area contributed by atoms with E-state index in [4.69, 9.17) is 4.74 Å². The van der Waals surface area contributed by atoms with Crippen molar-refractivity contribution in [2.45, 2.75) is 13.5 Å². The molecule has 6 nitrogen and oxygen atoms in total. The van der Waals surface area contributed by atoms with Crippen molar-refractivity contribution >= 4 is 5.97 Å². The molecule has 0 spiro atoms. The molecule has 1 aromatic heterocycles. The van der Waals surface area contributed by atoms with E-state index in [9.17, 15) is 20.6 Å². The molecule has 0 saturated heterocycles. The molecule has 29 heavy (non-hydrogen) atoms. The fraction of sp³-hybridized carbons (Fsp3) is 0.130. The smallest absolute Gasteiger partial charge is 0.355 e. The Labute approximate surface area is 168 Å². The highest BCUT2D eigenvalue weighted by Crippen LogP contribution is 2.34. The standard InChI is InChI=1S/C23H16N4O2/c1-3-27-20(14-26)19(13-25)21(22(27)23(28)29-2)16-10-8-15(9-11-16)18-7-5-4-6-17(18)12-24/h4-11H,3H2,1-2H3. The van der Waals surface area contributed by atoms with Gasteiger partial charge < -0.3 is 9.30 Å². The van der Waals surface area contributed by atoms with E-state index >= 15 is 0 Å². The average Bonchev–Trinajstić information content (AvgIpc) is 3.11. The molecule has 0 aliphatic carbocycles. The minimum atomic E-state index is -0.612. The van der Waals surface area contributed by atoms with Gasteiger partial charge in [-0.1, -0.05) is 42.5 Å². The van der Waals surface area contributed by atoms with Gasteiger partial charge in [0, 0.05) is 12.1 Å². The Balaban J connectivity index is 2.23. The summed E-state index contributed by atoms with van der Waals surface area (Å²) in [5.41, 5.74) is 3.61. The molecule has 140 valence electrons. The first-order valence-corrected chi connectivity index (χ1v) is 8.86. The number of carbonyl (C=O) groups excluding carboxylic acids is 1. The molecule has 0 saturated carbocycles. The Hall–Kier alpha value is -4.34.